The van der Waals surface area contributed by atoms with Crippen LogP contribution >= 0.6 is 11.6 Å². The summed E-state index contributed by atoms with van der Waals surface area (Å²) < 4.78 is 12.8. The monoisotopic (exact) mass is 279 g/mol. The summed E-state index contributed by atoms with van der Waals surface area (Å²) >= 11 is 5.98. The molecule has 0 amide bonds. The molecule has 0 saturated carbocycles. The Morgan fingerprint density at radius 2 is 1.89 bits per heavy atom. The first-order chi connectivity index (χ1) is 9.10. The second-order valence-electron chi connectivity index (χ2n) is 4.28. The number of anilines is 1. The SMILES string of the molecule is CN(Cc1ccc(F)cc1)c1ccc(Cl)c(CN)n1. The van der Waals surface area contributed by atoms with E-state index < -0.39 is 0 Å². The molecule has 3 nitrogen and oxygen atoms in total. The number of rotatable bonds is 4. The largest absolute Gasteiger partial charge is 0.355 e. The van der Waals surface area contributed by atoms with Crippen molar-refractivity contribution in [3.63, 3.8) is 0 Å². The minimum Gasteiger partial charge on any atom is -0.355 e. The van der Waals surface area contributed by atoms with Crippen molar-refractivity contribution < 1.29 is 4.39 Å². The first kappa shape index (κ1) is 13.8. The zero-order valence-electron chi connectivity index (χ0n) is 10.6. The molecular formula is C14H15ClFN3. The van der Waals surface area contributed by atoms with E-state index in [0.29, 0.717) is 23.8 Å². The number of benzene rings is 1. The molecule has 0 atom stereocenters. The smallest absolute Gasteiger partial charge is 0.129 e. The summed E-state index contributed by atoms with van der Waals surface area (Å²) in [4.78, 5) is 6.36. The normalized spacial score (nSPS) is 10.5. The molecule has 2 N–H and O–H groups in total. The number of hydrogen-bond donors (Lipinski definition) is 1. The van der Waals surface area contributed by atoms with Crippen LogP contribution in [-0.2, 0) is 13.1 Å². The summed E-state index contributed by atoms with van der Waals surface area (Å²) in [5.74, 6) is 0.551. The average molecular weight is 280 g/mol. The zero-order chi connectivity index (χ0) is 13.8. The first-order valence-electron chi connectivity index (χ1n) is 5.91. The van der Waals surface area contributed by atoms with E-state index >= 15 is 0 Å². The van der Waals surface area contributed by atoms with Gasteiger partial charge in [0.05, 0.1) is 10.7 Å². The molecule has 1 aromatic heterocycles. The van der Waals surface area contributed by atoms with Gasteiger partial charge in [-0.1, -0.05) is 23.7 Å². The number of aromatic nitrogens is 1. The lowest BCUT2D eigenvalue weighted by Gasteiger charge is -2.19. The molecular weight excluding hydrogens is 265 g/mol. The van der Waals surface area contributed by atoms with Gasteiger partial charge in [-0.05, 0) is 29.8 Å². The molecule has 1 aromatic carbocycles. The first-order valence-corrected chi connectivity index (χ1v) is 6.29. The van der Waals surface area contributed by atoms with E-state index in [9.17, 15) is 4.39 Å². The predicted molar refractivity (Wildman–Crippen MR) is 75.6 cm³/mol. The number of halogens is 2. The van der Waals surface area contributed by atoms with E-state index in [1.54, 1.807) is 18.2 Å². The molecule has 0 saturated heterocycles. The van der Waals surface area contributed by atoms with Gasteiger partial charge in [0.15, 0.2) is 0 Å². The Hall–Kier alpha value is -1.65. The van der Waals surface area contributed by atoms with Crippen molar-refractivity contribution in [3.05, 3.63) is 58.5 Å². The highest BCUT2D eigenvalue weighted by Gasteiger charge is 2.07. The van der Waals surface area contributed by atoms with Gasteiger partial charge in [-0.25, -0.2) is 9.37 Å². The molecule has 1 heterocycles. The maximum atomic E-state index is 12.8. The molecule has 0 unspecified atom stereocenters. The van der Waals surface area contributed by atoms with Gasteiger partial charge in [0.1, 0.15) is 11.6 Å². The Morgan fingerprint density at radius 1 is 1.21 bits per heavy atom. The maximum Gasteiger partial charge on any atom is 0.129 e. The Morgan fingerprint density at radius 3 is 2.53 bits per heavy atom. The van der Waals surface area contributed by atoms with E-state index in [2.05, 4.69) is 4.98 Å². The van der Waals surface area contributed by atoms with Gasteiger partial charge in [-0.3, -0.25) is 0 Å². The molecule has 0 aliphatic rings. The fourth-order valence-electron chi connectivity index (χ4n) is 1.77. The molecule has 0 aliphatic carbocycles. The lowest BCUT2D eigenvalue weighted by Crippen LogP contribution is -2.18. The molecule has 0 aliphatic heterocycles. The van der Waals surface area contributed by atoms with Crippen LogP contribution in [0, 0.1) is 5.82 Å². The van der Waals surface area contributed by atoms with Crippen molar-refractivity contribution >= 4 is 17.4 Å². The van der Waals surface area contributed by atoms with Crippen LogP contribution in [0.3, 0.4) is 0 Å². The topological polar surface area (TPSA) is 42.1 Å². The van der Waals surface area contributed by atoms with Crippen molar-refractivity contribution in [1.82, 2.24) is 4.98 Å². The second-order valence-corrected chi connectivity index (χ2v) is 4.69. The molecule has 0 spiro atoms. The van der Waals surface area contributed by atoms with Crippen LogP contribution in [-0.4, -0.2) is 12.0 Å². The van der Waals surface area contributed by atoms with E-state index in [1.807, 2.05) is 18.0 Å². The number of pyridine rings is 1. The Bertz CT molecular complexity index is 557. The fourth-order valence-corrected chi connectivity index (χ4v) is 1.96. The molecule has 19 heavy (non-hydrogen) atoms. The lowest BCUT2D eigenvalue weighted by molar-refractivity contribution is 0.627. The van der Waals surface area contributed by atoms with E-state index in [1.165, 1.54) is 12.1 Å². The van der Waals surface area contributed by atoms with Gasteiger partial charge in [0, 0.05) is 20.1 Å². The van der Waals surface area contributed by atoms with Crippen molar-refractivity contribution in [2.45, 2.75) is 13.1 Å². The number of nitrogens with zero attached hydrogens (tertiary/aromatic N) is 2. The Balaban J connectivity index is 2.15. The highest BCUT2D eigenvalue weighted by Crippen LogP contribution is 2.19. The van der Waals surface area contributed by atoms with Gasteiger partial charge in [-0.2, -0.15) is 0 Å². The molecule has 0 radical (unpaired) electrons. The van der Waals surface area contributed by atoms with Crippen molar-refractivity contribution in [2.75, 3.05) is 11.9 Å². The van der Waals surface area contributed by atoms with Gasteiger partial charge in [0.25, 0.3) is 0 Å². The van der Waals surface area contributed by atoms with Crippen LogP contribution in [0.1, 0.15) is 11.3 Å². The van der Waals surface area contributed by atoms with Crippen LogP contribution in [0.5, 0.6) is 0 Å². The van der Waals surface area contributed by atoms with Crippen molar-refractivity contribution in [2.24, 2.45) is 5.73 Å². The van der Waals surface area contributed by atoms with Gasteiger partial charge in [0.2, 0.25) is 0 Å². The number of nitrogens with two attached hydrogens (primary N) is 1. The van der Waals surface area contributed by atoms with Crippen LogP contribution < -0.4 is 10.6 Å². The predicted octanol–water partition coefficient (Wildman–Crippen LogP) is 2.97. The summed E-state index contributed by atoms with van der Waals surface area (Å²) in [5.41, 5.74) is 7.26. The molecule has 0 fully saturated rings. The van der Waals surface area contributed by atoms with Crippen LogP contribution in [0.4, 0.5) is 10.2 Å². The summed E-state index contributed by atoms with van der Waals surface area (Å²) in [6, 6.07) is 10.0. The number of hydrogen-bond acceptors (Lipinski definition) is 3. The van der Waals surface area contributed by atoms with Crippen LogP contribution in [0.15, 0.2) is 36.4 Å². The summed E-state index contributed by atoms with van der Waals surface area (Å²) in [7, 11) is 1.92. The summed E-state index contributed by atoms with van der Waals surface area (Å²) in [5, 5.41) is 0.571. The van der Waals surface area contributed by atoms with E-state index in [0.717, 1.165) is 11.4 Å². The molecule has 5 heteroatoms. The van der Waals surface area contributed by atoms with Crippen LogP contribution in [0.2, 0.25) is 5.02 Å². The van der Waals surface area contributed by atoms with Crippen molar-refractivity contribution in [3.8, 4) is 0 Å². The standard InChI is InChI=1S/C14H15ClFN3/c1-19(9-10-2-4-11(16)5-3-10)14-7-6-12(15)13(8-17)18-14/h2-7H,8-9,17H2,1H3. The Labute approximate surface area is 116 Å². The van der Waals surface area contributed by atoms with Crippen LogP contribution in [0.25, 0.3) is 0 Å². The zero-order valence-corrected chi connectivity index (χ0v) is 11.4. The van der Waals surface area contributed by atoms with Gasteiger partial charge in [-0.15, -0.1) is 0 Å². The summed E-state index contributed by atoms with van der Waals surface area (Å²) in [6.07, 6.45) is 0. The lowest BCUT2D eigenvalue weighted by atomic mass is 10.2. The van der Waals surface area contributed by atoms with E-state index in [-0.39, 0.29) is 5.82 Å². The quantitative estimate of drug-likeness (QED) is 0.936. The minimum absolute atomic E-state index is 0.235. The third-order valence-corrected chi connectivity index (χ3v) is 3.17. The third-order valence-electron chi connectivity index (χ3n) is 2.82. The van der Waals surface area contributed by atoms with Gasteiger partial charge < -0.3 is 10.6 Å². The highest BCUT2D eigenvalue weighted by atomic mass is 35.5. The molecule has 2 aromatic rings. The minimum atomic E-state index is -0.235. The average Bonchev–Trinajstić information content (AvgIpc) is 2.42. The van der Waals surface area contributed by atoms with Gasteiger partial charge >= 0.3 is 0 Å². The summed E-state index contributed by atoms with van der Waals surface area (Å²) in [6.45, 7) is 0.940. The molecule has 0 bridgehead atoms. The van der Waals surface area contributed by atoms with Crippen molar-refractivity contribution in [1.29, 1.82) is 0 Å². The van der Waals surface area contributed by atoms with E-state index in [4.69, 9.17) is 17.3 Å². The Kier molecular flexibility index (Phi) is 4.35. The second kappa shape index (κ2) is 5.99. The highest BCUT2D eigenvalue weighted by molar-refractivity contribution is 6.31. The molecule has 2 rings (SSSR count). The maximum absolute atomic E-state index is 12.8. The fraction of sp³-hybridized carbons (Fsp3) is 0.214. The molecule has 100 valence electrons. The third kappa shape index (κ3) is 3.43.